The van der Waals surface area contributed by atoms with Crippen LogP contribution in [0.5, 0.6) is 11.5 Å². The molecule has 1 aromatic carbocycles. The van der Waals surface area contributed by atoms with Crippen molar-refractivity contribution in [2.45, 2.75) is 47.6 Å². The lowest BCUT2D eigenvalue weighted by molar-refractivity contribution is -0.432. The minimum absolute atomic E-state index is 0.0699. The predicted octanol–water partition coefficient (Wildman–Crippen LogP) is 4.25. The average Bonchev–Trinajstić information content (AvgIpc) is 2.61. The highest BCUT2D eigenvalue weighted by Crippen LogP contribution is 2.35. The van der Waals surface area contributed by atoms with Crippen molar-refractivity contribution < 1.29 is 24.7 Å². The summed E-state index contributed by atoms with van der Waals surface area (Å²) in [6, 6.07) is 3.66. The molecule has 0 bridgehead atoms. The van der Waals surface area contributed by atoms with Crippen LogP contribution < -0.4 is 10.1 Å². The minimum Gasteiger partial charge on any atom is -0.512 e. The van der Waals surface area contributed by atoms with Gasteiger partial charge in [-0.05, 0) is 24.6 Å². The Labute approximate surface area is 171 Å². The molecule has 0 aromatic heterocycles. The van der Waals surface area contributed by atoms with Crippen LogP contribution in [0.15, 0.2) is 41.3 Å². The molecule has 0 fully saturated rings. The molecule has 0 saturated heterocycles. The zero-order valence-electron chi connectivity index (χ0n) is 17.7. The van der Waals surface area contributed by atoms with Gasteiger partial charge in [0.05, 0.1) is 17.6 Å². The van der Waals surface area contributed by atoms with Crippen LogP contribution in [0.2, 0.25) is 0 Å². The second-order valence-electron chi connectivity index (χ2n) is 7.27. The molecule has 0 saturated carbocycles. The molecule has 1 amide bonds. The van der Waals surface area contributed by atoms with Crippen molar-refractivity contribution in [1.82, 2.24) is 5.32 Å². The number of amides is 1. The van der Waals surface area contributed by atoms with Gasteiger partial charge in [0.15, 0.2) is 11.5 Å². The number of hydrogen-bond acceptors (Lipinski definition) is 6. The minimum atomic E-state index is -0.872. The maximum Gasteiger partial charge on any atom is 0.249 e. The number of phenolic OH excluding ortho intramolecular Hbond substituents is 1. The number of phenols is 1. The first-order valence-corrected chi connectivity index (χ1v) is 9.51. The first kappa shape index (κ1) is 24.0. The molecule has 3 N–H and O–H groups in total. The Hall–Kier alpha value is -3.03. The molecule has 0 heterocycles. The van der Waals surface area contributed by atoms with Crippen LogP contribution in [-0.2, 0) is 4.79 Å². The number of allylic oxidation sites excluding steroid dienone is 2. The van der Waals surface area contributed by atoms with E-state index in [-0.39, 0.29) is 40.4 Å². The lowest BCUT2D eigenvalue weighted by atomic mass is 9.92. The van der Waals surface area contributed by atoms with Gasteiger partial charge in [-0.1, -0.05) is 33.8 Å². The monoisotopic (exact) mass is 406 g/mol. The molecule has 0 aliphatic rings. The molecular formula is C21H30N2O6. The van der Waals surface area contributed by atoms with Gasteiger partial charge in [0.1, 0.15) is 5.76 Å². The number of aromatic hydroxyl groups is 1. The summed E-state index contributed by atoms with van der Waals surface area (Å²) in [7, 11) is 0. The van der Waals surface area contributed by atoms with E-state index in [9.17, 15) is 25.1 Å². The summed E-state index contributed by atoms with van der Waals surface area (Å²) in [5.74, 6) is -1.05. The van der Waals surface area contributed by atoms with Crippen LogP contribution in [0.1, 0.15) is 53.1 Å². The van der Waals surface area contributed by atoms with Crippen molar-refractivity contribution in [3.63, 3.8) is 0 Å². The molecule has 0 aliphatic heterocycles. The highest BCUT2D eigenvalue weighted by molar-refractivity contribution is 5.74. The summed E-state index contributed by atoms with van der Waals surface area (Å²) in [5.41, 5.74) is 0.626. The van der Waals surface area contributed by atoms with E-state index < -0.39 is 16.9 Å². The Morgan fingerprint density at radius 3 is 2.34 bits per heavy atom. The number of nitrogens with zero attached hydrogens (tertiary/aromatic N) is 1. The second-order valence-corrected chi connectivity index (χ2v) is 7.27. The standard InChI is InChI=1S/C21H30N2O6/c1-7-29-19-10-15(8-9-18(19)25)20(22-14(6)24)16(21(26)13(4)5)11-17(12(2)3)23(27)28/h8-13,20,25-26H,7H2,1-6H3,(H,22,24)/b17-11+,21-16-. The molecule has 160 valence electrons. The van der Waals surface area contributed by atoms with E-state index in [1.54, 1.807) is 46.8 Å². The van der Waals surface area contributed by atoms with Gasteiger partial charge >= 0.3 is 0 Å². The summed E-state index contributed by atoms with van der Waals surface area (Å²) >= 11 is 0. The molecule has 0 spiro atoms. The van der Waals surface area contributed by atoms with Gasteiger partial charge in [0, 0.05) is 30.4 Å². The van der Waals surface area contributed by atoms with Crippen molar-refractivity contribution in [1.29, 1.82) is 0 Å². The summed E-state index contributed by atoms with van der Waals surface area (Å²) in [6.07, 6.45) is 1.31. The zero-order valence-corrected chi connectivity index (χ0v) is 17.7. The number of nitrogens with one attached hydrogen (secondary N) is 1. The van der Waals surface area contributed by atoms with Crippen LogP contribution in [0.3, 0.4) is 0 Å². The number of nitro groups is 1. The van der Waals surface area contributed by atoms with Crippen LogP contribution in [0.4, 0.5) is 0 Å². The fourth-order valence-corrected chi connectivity index (χ4v) is 2.75. The highest BCUT2D eigenvalue weighted by Gasteiger charge is 2.26. The molecule has 8 nitrogen and oxygen atoms in total. The summed E-state index contributed by atoms with van der Waals surface area (Å²) in [6.45, 7) is 10.3. The third-order valence-electron chi connectivity index (χ3n) is 4.22. The first-order chi connectivity index (χ1) is 13.5. The molecular weight excluding hydrogens is 376 g/mol. The van der Waals surface area contributed by atoms with Gasteiger partial charge in [-0.2, -0.15) is 0 Å². The number of rotatable bonds is 9. The van der Waals surface area contributed by atoms with Gasteiger partial charge in [0.25, 0.3) is 0 Å². The number of benzene rings is 1. The Bertz CT molecular complexity index is 811. The lowest BCUT2D eigenvalue weighted by Crippen LogP contribution is -2.29. The Kier molecular flexibility index (Phi) is 8.69. The van der Waals surface area contributed by atoms with Crippen LogP contribution >= 0.6 is 0 Å². The molecule has 1 unspecified atom stereocenters. The van der Waals surface area contributed by atoms with E-state index in [4.69, 9.17) is 4.74 Å². The number of aliphatic hydroxyl groups is 1. The normalized spacial score (nSPS) is 13.9. The fourth-order valence-electron chi connectivity index (χ4n) is 2.75. The summed E-state index contributed by atoms with van der Waals surface area (Å²) in [5, 5.41) is 35.0. The van der Waals surface area contributed by atoms with E-state index in [0.29, 0.717) is 12.2 Å². The number of carbonyl (C=O) groups is 1. The quantitative estimate of drug-likeness (QED) is 0.244. The maximum absolute atomic E-state index is 11.9. The summed E-state index contributed by atoms with van der Waals surface area (Å²) in [4.78, 5) is 22.9. The Morgan fingerprint density at radius 2 is 1.90 bits per heavy atom. The fraction of sp³-hybridized carbons (Fsp3) is 0.476. The number of aliphatic hydroxyl groups excluding tert-OH is 1. The summed E-state index contributed by atoms with van der Waals surface area (Å²) < 4.78 is 5.41. The first-order valence-electron chi connectivity index (χ1n) is 9.51. The lowest BCUT2D eigenvalue weighted by Gasteiger charge is -2.23. The molecule has 0 aliphatic carbocycles. The van der Waals surface area contributed by atoms with Gasteiger partial charge < -0.3 is 20.3 Å². The third-order valence-corrected chi connectivity index (χ3v) is 4.22. The van der Waals surface area contributed by atoms with E-state index in [0.717, 1.165) is 0 Å². The van der Waals surface area contributed by atoms with Gasteiger partial charge in [-0.25, -0.2) is 0 Å². The average molecular weight is 406 g/mol. The predicted molar refractivity (Wildman–Crippen MR) is 110 cm³/mol. The number of hydrogen-bond donors (Lipinski definition) is 3. The van der Waals surface area contributed by atoms with Crippen LogP contribution in [0.25, 0.3) is 0 Å². The smallest absolute Gasteiger partial charge is 0.249 e. The second kappa shape index (κ2) is 10.5. The Balaban J connectivity index is 3.75. The third kappa shape index (κ3) is 6.51. The van der Waals surface area contributed by atoms with Crippen LogP contribution in [0, 0.1) is 22.0 Å². The zero-order chi connectivity index (χ0) is 22.3. The van der Waals surface area contributed by atoms with Crippen molar-refractivity contribution in [3.8, 4) is 11.5 Å². The van der Waals surface area contributed by atoms with Gasteiger partial charge in [-0.3, -0.25) is 14.9 Å². The Morgan fingerprint density at radius 1 is 1.28 bits per heavy atom. The molecule has 1 rings (SSSR count). The van der Waals surface area contributed by atoms with Crippen molar-refractivity contribution in [3.05, 3.63) is 57.0 Å². The molecule has 1 aromatic rings. The molecule has 1 atom stereocenters. The van der Waals surface area contributed by atoms with Crippen molar-refractivity contribution in [2.75, 3.05) is 6.61 Å². The van der Waals surface area contributed by atoms with Gasteiger partial charge in [-0.15, -0.1) is 0 Å². The molecule has 29 heavy (non-hydrogen) atoms. The number of carbonyl (C=O) groups excluding carboxylic acids is 1. The van der Waals surface area contributed by atoms with Gasteiger partial charge in [0.2, 0.25) is 11.6 Å². The van der Waals surface area contributed by atoms with Crippen molar-refractivity contribution >= 4 is 5.91 Å². The SMILES string of the molecule is CCOc1cc(C(NC(C)=O)C(/C=C(\C(C)C)[N+](=O)[O-])=C(\O)C(C)C)ccc1O. The topological polar surface area (TPSA) is 122 Å². The van der Waals surface area contributed by atoms with Crippen LogP contribution in [-0.4, -0.2) is 27.7 Å². The van der Waals surface area contributed by atoms with E-state index >= 15 is 0 Å². The number of ether oxygens (including phenoxy) is 1. The molecule has 0 radical (unpaired) electrons. The van der Waals surface area contributed by atoms with E-state index in [1.165, 1.54) is 19.1 Å². The molecule has 8 heteroatoms. The van der Waals surface area contributed by atoms with E-state index in [1.807, 2.05) is 0 Å². The van der Waals surface area contributed by atoms with E-state index in [2.05, 4.69) is 5.32 Å². The highest BCUT2D eigenvalue weighted by atomic mass is 16.6. The maximum atomic E-state index is 11.9. The largest absolute Gasteiger partial charge is 0.512 e. The van der Waals surface area contributed by atoms with Crippen molar-refractivity contribution in [2.24, 2.45) is 11.8 Å².